The molecule has 19 heavy (non-hydrogen) atoms. The van der Waals surface area contributed by atoms with Gasteiger partial charge in [-0.3, -0.25) is 0 Å². The summed E-state index contributed by atoms with van der Waals surface area (Å²) in [6.45, 7) is 0.966. The SMILES string of the molecule is O=C(O[C@@H]1CCN[C@@H]2CCCC[C@H]21)c1ccccc1. The van der Waals surface area contributed by atoms with Gasteiger partial charge in [0.25, 0.3) is 0 Å². The van der Waals surface area contributed by atoms with E-state index in [1.165, 1.54) is 25.7 Å². The zero-order chi connectivity index (χ0) is 13.1. The second-order valence-corrected chi connectivity index (χ2v) is 5.61. The maximum Gasteiger partial charge on any atom is 0.338 e. The van der Waals surface area contributed by atoms with Gasteiger partial charge < -0.3 is 10.1 Å². The molecule has 0 spiro atoms. The smallest absolute Gasteiger partial charge is 0.338 e. The number of carbonyl (C=O) groups is 1. The molecule has 1 saturated carbocycles. The topological polar surface area (TPSA) is 38.3 Å². The van der Waals surface area contributed by atoms with Crippen molar-refractivity contribution in [3.8, 4) is 0 Å². The molecule has 1 saturated heterocycles. The van der Waals surface area contributed by atoms with Crippen LogP contribution in [0, 0.1) is 5.92 Å². The van der Waals surface area contributed by atoms with E-state index in [4.69, 9.17) is 4.74 Å². The van der Waals surface area contributed by atoms with Crippen LogP contribution in [0.4, 0.5) is 0 Å². The maximum absolute atomic E-state index is 12.1. The van der Waals surface area contributed by atoms with E-state index >= 15 is 0 Å². The molecule has 102 valence electrons. The summed E-state index contributed by atoms with van der Waals surface area (Å²) in [5.41, 5.74) is 0.661. The minimum atomic E-state index is -0.170. The summed E-state index contributed by atoms with van der Waals surface area (Å²) in [6, 6.07) is 9.86. The molecule has 1 aliphatic heterocycles. The Bertz CT molecular complexity index is 430. The lowest BCUT2D eigenvalue weighted by Gasteiger charge is -2.41. The number of ether oxygens (including phenoxy) is 1. The molecule has 0 radical (unpaired) electrons. The standard InChI is InChI=1S/C16H21NO2/c18-16(12-6-2-1-3-7-12)19-15-10-11-17-14-9-5-4-8-13(14)15/h1-3,6-7,13-15,17H,4-5,8-11H2/t13-,14-,15-/m1/s1. The van der Waals surface area contributed by atoms with E-state index in [1.54, 1.807) is 0 Å². The van der Waals surface area contributed by atoms with Crippen LogP contribution >= 0.6 is 0 Å². The Morgan fingerprint density at radius 1 is 1.11 bits per heavy atom. The van der Waals surface area contributed by atoms with Gasteiger partial charge in [0, 0.05) is 12.0 Å². The van der Waals surface area contributed by atoms with Crippen molar-refractivity contribution in [2.45, 2.75) is 44.2 Å². The highest BCUT2D eigenvalue weighted by Gasteiger charge is 2.36. The van der Waals surface area contributed by atoms with Crippen molar-refractivity contribution in [2.24, 2.45) is 5.92 Å². The number of esters is 1. The van der Waals surface area contributed by atoms with Gasteiger partial charge in [0.05, 0.1) is 5.56 Å². The molecule has 1 aromatic carbocycles. The monoisotopic (exact) mass is 259 g/mol. The van der Waals surface area contributed by atoms with Crippen LogP contribution in [0.25, 0.3) is 0 Å². The normalized spacial score (nSPS) is 30.4. The summed E-state index contributed by atoms with van der Waals surface area (Å²) in [4.78, 5) is 12.1. The lowest BCUT2D eigenvalue weighted by molar-refractivity contribution is -0.0135. The molecule has 2 aliphatic rings. The largest absolute Gasteiger partial charge is 0.458 e. The average Bonchev–Trinajstić information content (AvgIpc) is 2.48. The lowest BCUT2D eigenvalue weighted by atomic mass is 9.77. The molecule has 3 rings (SSSR count). The highest BCUT2D eigenvalue weighted by Crippen LogP contribution is 2.32. The molecule has 0 unspecified atom stereocenters. The van der Waals surface area contributed by atoms with Crippen molar-refractivity contribution in [2.75, 3.05) is 6.54 Å². The zero-order valence-corrected chi connectivity index (χ0v) is 11.2. The first-order chi connectivity index (χ1) is 9.34. The third kappa shape index (κ3) is 2.81. The molecule has 3 nitrogen and oxygen atoms in total. The van der Waals surface area contributed by atoms with Crippen molar-refractivity contribution >= 4 is 5.97 Å². The first kappa shape index (κ1) is 12.7. The Labute approximate surface area is 114 Å². The lowest BCUT2D eigenvalue weighted by Crippen LogP contribution is -2.51. The first-order valence-corrected chi connectivity index (χ1v) is 7.34. The molecule has 2 fully saturated rings. The number of rotatable bonds is 2. The van der Waals surface area contributed by atoms with Gasteiger partial charge in [-0.2, -0.15) is 0 Å². The third-order valence-electron chi connectivity index (χ3n) is 4.40. The average molecular weight is 259 g/mol. The van der Waals surface area contributed by atoms with E-state index < -0.39 is 0 Å². The summed E-state index contributed by atoms with van der Waals surface area (Å²) in [5, 5.41) is 3.57. The molecular formula is C16H21NO2. The van der Waals surface area contributed by atoms with Crippen molar-refractivity contribution in [1.82, 2.24) is 5.32 Å². The van der Waals surface area contributed by atoms with E-state index in [9.17, 15) is 4.79 Å². The number of benzene rings is 1. The van der Waals surface area contributed by atoms with Gasteiger partial charge in [-0.25, -0.2) is 4.79 Å². The van der Waals surface area contributed by atoms with Crippen LogP contribution < -0.4 is 5.32 Å². The van der Waals surface area contributed by atoms with Gasteiger partial charge >= 0.3 is 5.97 Å². The summed E-state index contributed by atoms with van der Waals surface area (Å²) in [6.07, 6.45) is 6.02. The molecule has 3 heteroatoms. The molecule has 1 heterocycles. The minimum Gasteiger partial charge on any atom is -0.458 e. The van der Waals surface area contributed by atoms with E-state index in [1.807, 2.05) is 30.3 Å². The van der Waals surface area contributed by atoms with Crippen molar-refractivity contribution in [1.29, 1.82) is 0 Å². The fourth-order valence-corrected chi connectivity index (χ4v) is 3.41. The Morgan fingerprint density at radius 2 is 1.89 bits per heavy atom. The first-order valence-electron chi connectivity index (χ1n) is 7.34. The van der Waals surface area contributed by atoms with Crippen LogP contribution in [0.2, 0.25) is 0 Å². The quantitative estimate of drug-likeness (QED) is 0.830. The molecule has 1 aromatic rings. The predicted octanol–water partition coefficient (Wildman–Crippen LogP) is 2.76. The highest BCUT2D eigenvalue weighted by molar-refractivity contribution is 5.89. The van der Waals surface area contributed by atoms with Gasteiger partial charge in [-0.15, -0.1) is 0 Å². The molecule has 0 amide bonds. The second-order valence-electron chi connectivity index (χ2n) is 5.61. The fraction of sp³-hybridized carbons (Fsp3) is 0.562. The third-order valence-corrected chi connectivity index (χ3v) is 4.40. The minimum absolute atomic E-state index is 0.0965. The van der Waals surface area contributed by atoms with Crippen LogP contribution in [0.1, 0.15) is 42.5 Å². The fourth-order valence-electron chi connectivity index (χ4n) is 3.41. The summed E-state index contributed by atoms with van der Waals surface area (Å²) < 4.78 is 5.77. The molecular weight excluding hydrogens is 238 g/mol. The van der Waals surface area contributed by atoms with Crippen LogP contribution in [0.15, 0.2) is 30.3 Å². The molecule has 1 N–H and O–H groups in total. The number of hydrogen-bond acceptors (Lipinski definition) is 3. The number of hydrogen-bond donors (Lipinski definition) is 1. The Hall–Kier alpha value is -1.35. The van der Waals surface area contributed by atoms with Gasteiger partial charge in [0.1, 0.15) is 6.10 Å². The van der Waals surface area contributed by atoms with Gasteiger partial charge in [-0.1, -0.05) is 31.0 Å². The van der Waals surface area contributed by atoms with Crippen LogP contribution in [0.5, 0.6) is 0 Å². The predicted molar refractivity (Wildman–Crippen MR) is 74.0 cm³/mol. The highest BCUT2D eigenvalue weighted by atomic mass is 16.5. The van der Waals surface area contributed by atoms with Crippen molar-refractivity contribution in [3.63, 3.8) is 0 Å². The van der Waals surface area contributed by atoms with Crippen LogP contribution in [-0.4, -0.2) is 24.7 Å². The number of piperidine rings is 1. The maximum atomic E-state index is 12.1. The Balaban J connectivity index is 1.66. The van der Waals surface area contributed by atoms with E-state index in [-0.39, 0.29) is 12.1 Å². The molecule has 3 atom stereocenters. The Morgan fingerprint density at radius 3 is 2.74 bits per heavy atom. The number of carbonyl (C=O) groups excluding carboxylic acids is 1. The molecule has 1 aliphatic carbocycles. The van der Waals surface area contributed by atoms with Gasteiger partial charge in [0.15, 0.2) is 0 Å². The summed E-state index contributed by atoms with van der Waals surface area (Å²) in [5.74, 6) is 0.340. The van der Waals surface area contributed by atoms with E-state index in [2.05, 4.69) is 5.32 Å². The van der Waals surface area contributed by atoms with Crippen LogP contribution in [-0.2, 0) is 4.74 Å². The number of fused-ring (bicyclic) bond motifs is 1. The van der Waals surface area contributed by atoms with E-state index in [0.29, 0.717) is 17.5 Å². The van der Waals surface area contributed by atoms with Gasteiger partial charge in [0.2, 0.25) is 0 Å². The zero-order valence-electron chi connectivity index (χ0n) is 11.2. The molecule has 0 aromatic heterocycles. The van der Waals surface area contributed by atoms with Crippen molar-refractivity contribution in [3.05, 3.63) is 35.9 Å². The Kier molecular flexibility index (Phi) is 3.83. The van der Waals surface area contributed by atoms with Gasteiger partial charge in [-0.05, 0) is 37.9 Å². The van der Waals surface area contributed by atoms with Crippen LogP contribution in [0.3, 0.4) is 0 Å². The summed E-state index contributed by atoms with van der Waals surface area (Å²) >= 11 is 0. The van der Waals surface area contributed by atoms with E-state index in [0.717, 1.165) is 13.0 Å². The molecule has 0 bridgehead atoms. The summed E-state index contributed by atoms with van der Waals surface area (Å²) in [7, 11) is 0. The second kappa shape index (κ2) is 5.74. The van der Waals surface area contributed by atoms with Crippen molar-refractivity contribution < 1.29 is 9.53 Å². The number of nitrogens with one attached hydrogen (secondary N) is 1.